The number of hydrogen-bond donors (Lipinski definition) is 1. The molecule has 0 bridgehead atoms. The van der Waals surface area contributed by atoms with Crippen molar-refractivity contribution in [2.75, 3.05) is 16.8 Å². The number of anilines is 2. The Balaban J connectivity index is 1.59. The minimum absolute atomic E-state index is 0.0957. The highest BCUT2D eigenvalue weighted by atomic mass is 16.5. The van der Waals surface area contributed by atoms with Crippen LogP contribution in [0.4, 0.5) is 11.4 Å². The average Bonchev–Trinajstić information content (AvgIpc) is 2.93. The molecule has 1 aliphatic heterocycles. The predicted octanol–water partition coefficient (Wildman–Crippen LogP) is 1.99. The summed E-state index contributed by atoms with van der Waals surface area (Å²) in [4.78, 5) is 60.8. The quantitative estimate of drug-likeness (QED) is 0.456. The van der Waals surface area contributed by atoms with Gasteiger partial charge < -0.3 is 10.1 Å². The van der Waals surface area contributed by atoms with Gasteiger partial charge in [0.15, 0.2) is 11.9 Å². The van der Waals surface area contributed by atoms with Crippen molar-refractivity contribution in [3.05, 3.63) is 59.7 Å². The molecule has 8 heteroatoms. The molecular weight excluding hydrogens is 376 g/mol. The Kier molecular flexibility index (Phi) is 5.54. The van der Waals surface area contributed by atoms with E-state index in [1.165, 1.54) is 19.9 Å². The molecule has 148 valence electrons. The number of carbonyl (C=O) groups excluding carboxylic acids is 5. The van der Waals surface area contributed by atoms with Crippen LogP contribution in [0.1, 0.15) is 34.6 Å². The molecule has 0 radical (unpaired) electrons. The van der Waals surface area contributed by atoms with Gasteiger partial charge in [0.25, 0.3) is 17.6 Å². The Bertz CT molecular complexity index is 1010. The third-order valence-corrected chi connectivity index (χ3v) is 4.40. The second kappa shape index (κ2) is 8.05. The van der Waals surface area contributed by atoms with Gasteiger partial charge in [-0.3, -0.25) is 28.9 Å². The number of para-hydroxylation sites is 1. The van der Waals surface area contributed by atoms with E-state index in [0.29, 0.717) is 16.9 Å². The van der Waals surface area contributed by atoms with E-state index in [-0.39, 0.29) is 11.3 Å². The number of amides is 2. The number of rotatable bonds is 6. The molecule has 0 unspecified atom stereocenters. The number of nitrogens with one attached hydrogen (secondary N) is 1. The van der Waals surface area contributed by atoms with E-state index < -0.39 is 36.2 Å². The lowest BCUT2D eigenvalue weighted by atomic mass is 10.1. The van der Waals surface area contributed by atoms with E-state index in [0.717, 1.165) is 4.90 Å². The van der Waals surface area contributed by atoms with Crippen molar-refractivity contribution >= 4 is 40.7 Å². The van der Waals surface area contributed by atoms with E-state index in [1.807, 2.05) is 0 Å². The zero-order chi connectivity index (χ0) is 21.1. The first kappa shape index (κ1) is 19.9. The van der Waals surface area contributed by atoms with Crippen molar-refractivity contribution in [3.8, 4) is 0 Å². The van der Waals surface area contributed by atoms with Gasteiger partial charge in [-0.25, -0.2) is 0 Å². The van der Waals surface area contributed by atoms with E-state index in [4.69, 9.17) is 4.74 Å². The molecule has 0 aromatic heterocycles. The number of nitrogens with zero attached hydrogens (tertiary/aromatic N) is 1. The maximum Gasteiger partial charge on any atom is 0.326 e. The molecule has 0 spiro atoms. The fourth-order valence-electron chi connectivity index (χ4n) is 2.85. The number of carbonyl (C=O) groups is 5. The molecule has 1 atom stereocenters. The lowest BCUT2D eigenvalue weighted by Gasteiger charge is -2.18. The number of esters is 1. The highest BCUT2D eigenvalue weighted by molar-refractivity contribution is 6.52. The smallest absolute Gasteiger partial charge is 0.326 e. The van der Waals surface area contributed by atoms with Gasteiger partial charge in [0.05, 0.1) is 11.3 Å². The maximum absolute atomic E-state index is 12.2. The number of ketones is 2. The summed E-state index contributed by atoms with van der Waals surface area (Å²) in [6.07, 6.45) is -1.13. The summed E-state index contributed by atoms with van der Waals surface area (Å²) in [6.45, 7) is 2.35. The predicted molar refractivity (Wildman–Crippen MR) is 104 cm³/mol. The van der Waals surface area contributed by atoms with Crippen LogP contribution in [0.15, 0.2) is 48.5 Å². The lowest BCUT2D eigenvalue weighted by molar-refractivity contribution is -0.152. The summed E-state index contributed by atoms with van der Waals surface area (Å²) in [5, 5.41) is 2.58. The Morgan fingerprint density at radius 3 is 2.34 bits per heavy atom. The Hall–Kier alpha value is -3.81. The number of Topliss-reactive ketones (excluding diaryl/α,β-unsaturated/α-hetero) is 2. The second-order valence-electron chi connectivity index (χ2n) is 6.49. The normalized spacial score (nSPS) is 13.7. The topological polar surface area (TPSA) is 110 Å². The first-order chi connectivity index (χ1) is 13.8. The molecule has 29 heavy (non-hydrogen) atoms. The Morgan fingerprint density at radius 2 is 1.69 bits per heavy atom. The highest BCUT2D eigenvalue weighted by Crippen LogP contribution is 2.28. The molecule has 0 fully saturated rings. The van der Waals surface area contributed by atoms with Gasteiger partial charge in [0.2, 0.25) is 0 Å². The van der Waals surface area contributed by atoms with Crippen molar-refractivity contribution in [2.45, 2.75) is 20.0 Å². The minimum atomic E-state index is -1.13. The van der Waals surface area contributed by atoms with Crippen molar-refractivity contribution in [1.29, 1.82) is 0 Å². The molecule has 8 nitrogen and oxygen atoms in total. The molecule has 0 saturated heterocycles. The van der Waals surface area contributed by atoms with Crippen molar-refractivity contribution in [2.24, 2.45) is 0 Å². The Morgan fingerprint density at radius 1 is 1.03 bits per heavy atom. The van der Waals surface area contributed by atoms with Crippen molar-refractivity contribution < 1.29 is 28.7 Å². The number of ether oxygens (including phenoxy) is 1. The number of fused-ring (bicyclic) bond motifs is 1. The molecule has 2 aromatic carbocycles. The average molecular weight is 394 g/mol. The van der Waals surface area contributed by atoms with Crippen LogP contribution in [0.5, 0.6) is 0 Å². The maximum atomic E-state index is 12.2. The van der Waals surface area contributed by atoms with E-state index >= 15 is 0 Å². The molecule has 3 rings (SSSR count). The van der Waals surface area contributed by atoms with Gasteiger partial charge in [-0.2, -0.15) is 0 Å². The van der Waals surface area contributed by atoms with Crippen molar-refractivity contribution in [3.63, 3.8) is 0 Å². The van der Waals surface area contributed by atoms with Crippen LogP contribution < -0.4 is 10.2 Å². The number of hydrogen-bond acceptors (Lipinski definition) is 6. The molecule has 1 heterocycles. The fraction of sp³-hybridized carbons (Fsp3) is 0.190. The summed E-state index contributed by atoms with van der Waals surface area (Å²) >= 11 is 0. The molecule has 1 aliphatic rings. The Labute approximate surface area is 166 Å². The van der Waals surface area contributed by atoms with Gasteiger partial charge in [-0.1, -0.05) is 12.1 Å². The van der Waals surface area contributed by atoms with Crippen LogP contribution >= 0.6 is 0 Å². The molecule has 2 aromatic rings. The van der Waals surface area contributed by atoms with Gasteiger partial charge in [0, 0.05) is 11.3 Å². The van der Waals surface area contributed by atoms with E-state index in [9.17, 15) is 24.0 Å². The fourth-order valence-corrected chi connectivity index (χ4v) is 2.85. The second-order valence-corrected chi connectivity index (χ2v) is 6.49. The summed E-state index contributed by atoms with van der Waals surface area (Å²) in [5.74, 6) is -2.99. The lowest BCUT2D eigenvalue weighted by Crippen LogP contribution is -2.38. The van der Waals surface area contributed by atoms with Crippen LogP contribution in [-0.4, -0.2) is 42.0 Å². The highest BCUT2D eigenvalue weighted by Gasteiger charge is 2.37. The van der Waals surface area contributed by atoms with Gasteiger partial charge in [0.1, 0.15) is 6.54 Å². The van der Waals surface area contributed by atoms with Gasteiger partial charge in [-0.15, -0.1) is 0 Å². The monoisotopic (exact) mass is 394 g/mol. The zero-order valence-corrected chi connectivity index (χ0v) is 15.8. The van der Waals surface area contributed by atoms with Crippen LogP contribution in [-0.2, 0) is 19.1 Å². The SMILES string of the molecule is CC(=O)c1ccc(NC(=O)[C@@H](C)OC(=O)CN2C(=O)C(=O)c3ccccc32)cc1. The molecule has 0 saturated carbocycles. The van der Waals surface area contributed by atoms with Crippen LogP contribution in [0.3, 0.4) is 0 Å². The van der Waals surface area contributed by atoms with Crippen molar-refractivity contribution in [1.82, 2.24) is 0 Å². The molecular formula is C21H18N2O6. The minimum Gasteiger partial charge on any atom is -0.451 e. The number of benzene rings is 2. The first-order valence-corrected chi connectivity index (χ1v) is 8.84. The third-order valence-electron chi connectivity index (χ3n) is 4.40. The summed E-state index contributed by atoms with van der Waals surface area (Å²) in [7, 11) is 0. The molecule has 0 aliphatic carbocycles. The van der Waals surface area contributed by atoms with E-state index in [2.05, 4.69) is 5.32 Å². The largest absolute Gasteiger partial charge is 0.451 e. The summed E-state index contributed by atoms with van der Waals surface area (Å²) in [5.41, 5.74) is 1.51. The van der Waals surface area contributed by atoms with E-state index in [1.54, 1.807) is 42.5 Å². The van der Waals surface area contributed by atoms with Crippen LogP contribution in [0, 0.1) is 0 Å². The third kappa shape index (κ3) is 4.21. The summed E-state index contributed by atoms with van der Waals surface area (Å²) in [6, 6.07) is 12.6. The standard InChI is InChI=1S/C21H18N2O6/c1-12(24)14-7-9-15(10-8-14)22-20(27)13(2)29-18(25)11-23-17-6-4-3-5-16(17)19(26)21(23)28/h3-10,13H,11H2,1-2H3,(H,22,27)/t13-/m1/s1. The van der Waals surface area contributed by atoms with Crippen LogP contribution in [0.25, 0.3) is 0 Å². The zero-order valence-electron chi connectivity index (χ0n) is 15.8. The van der Waals surface area contributed by atoms with Gasteiger partial charge in [-0.05, 0) is 50.2 Å². The van der Waals surface area contributed by atoms with Crippen LogP contribution in [0.2, 0.25) is 0 Å². The molecule has 2 amide bonds. The summed E-state index contributed by atoms with van der Waals surface area (Å²) < 4.78 is 5.10. The van der Waals surface area contributed by atoms with Gasteiger partial charge >= 0.3 is 5.97 Å². The molecule has 1 N–H and O–H groups in total. The first-order valence-electron chi connectivity index (χ1n) is 8.84.